The fraction of sp³-hybridized carbons (Fsp3) is 0.788. The minimum absolute atomic E-state index is 0.0596. The predicted octanol–water partition coefficient (Wildman–Crippen LogP) is 9.68. The van der Waals surface area contributed by atoms with Crippen molar-refractivity contribution in [1.29, 1.82) is 0 Å². The van der Waals surface area contributed by atoms with Gasteiger partial charge in [0.2, 0.25) is 0 Å². The van der Waals surface area contributed by atoms with Crippen LogP contribution in [0.2, 0.25) is 0 Å². The van der Waals surface area contributed by atoms with Gasteiger partial charge in [-0.25, -0.2) is 4.79 Å². The van der Waals surface area contributed by atoms with Gasteiger partial charge in [0.25, 0.3) is 0 Å². The van der Waals surface area contributed by atoms with Crippen LogP contribution >= 0.6 is 0 Å². The smallest absolute Gasteiger partial charge is 0.335 e. The number of carboxylic acid groups (broad SMARTS) is 1. The Morgan fingerprint density at radius 1 is 0.571 bits per heavy atom. The minimum atomic E-state index is -0.856. The van der Waals surface area contributed by atoms with Crippen molar-refractivity contribution in [2.45, 2.75) is 102 Å². The van der Waals surface area contributed by atoms with Gasteiger partial charge in [-0.1, -0.05) is 109 Å². The molecule has 1 N–H and O–H groups in total. The summed E-state index contributed by atoms with van der Waals surface area (Å²) < 4.78 is 0. The molecule has 0 fully saturated rings. The largest absolute Gasteiger partial charge is 0.478 e. The summed E-state index contributed by atoms with van der Waals surface area (Å²) in [5.74, 6) is 5.70. The van der Waals surface area contributed by atoms with Crippen molar-refractivity contribution in [3.05, 3.63) is 35.4 Å². The Bertz CT molecular complexity index is 779. The molecule has 0 aliphatic heterocycles. The monoisotopic (exact) mass is 486 g/mol. The molecule has 0 spiro atoms. The molecule has 0 saturated heterocycles. The summed E-state index contributed by atoms with van der Waals surface area (Å²) in [5.41, 5.74) is 1.59. The third-order valence-corrected chi connectivity index (χ3v) is 11.5. The molecule has 35 heavy (non-hydrogen) atoms. The van der Waals surface area contributed by atoms with Crippen LogP contribution in [0.3, 0.4) is 0 Å². The minimum Gasteiger partial charge on any atom is -0.478 e. The first-order valence-electron chi connectivity index (χ1n) is 14.3. The number of benzene rings is 1. The van der Waals surface area contributed by atoms with E-state index < -0.39 is 5.97 Å². The molecule has 2 nitrogen and oxygen atoms in total. The van der Waals surface area contributed by atoms with Crippen LogP contribution in [0.4, 0.5) is 0 Å². The lowest BCUT2D eigenvalue weighted by atomic mass is 9.54. The number of hydrogen-bond donors (Lipinski definition) is 1. The lowest BCUT2D eigenvalue weighted by Crippen LogP contribution is -2.46. The van der Waals surface area contributed by atoms with Gasteiger partial charge in [0, 0.05) is 0 Å². The maximum absolute atomic E-state index is 11.6. The third kappa shape index (κ3) is 6.92. The SMILES string of the molecule is CC(C)C(C)C(C)C(C)C(C)C(C)C(C)(c1ccc(C(=O)O)cc1)C(C)C(C)C(C)C(C)C(C)C. The van der Waals surface area contributed by atoms with E-state index in [1.165, 1.54) is 5.56 Å². The van der Waals surface area contributed by atoms with Gasteiger partial charge in [0.05, 0.1) is 5.56 Å². The molecular weight excluding hydrogens is 428 g/mol. The van der Waals surface area contributed by atoms with E-state index in [1.54, 1.807) is 12.1 Å². The van der Waals surface area contributed by atoms with Gasteiger partial charge in [-0.3, -0.25) is 0 Å². The van der Waals surface area contributed by atoms with Crippen molar-refractivity contribution < 1.29 is 9.90 Å². The lowest BCUT2D eigenvalue weighted by Gasteiger charge is -2.50. The van der Waals surface area contributed by atoms with Crippen molar-refractivity contribution in [2.75, 3.05) is 0 Å². The highest BCUT2D eigenvalue weighted by atomic mass is 16.4. The van der Waals surface area contributed by atoms with Gasteiger partial charge in [-0.05, 0) is 88.2 Å². The van der Waals surface area contributed by atoms with Crippen LogP contribution in [-0.4, -0.2) is 11.1 Å². The van der Waals surface area contributed by atoms with Crippen LogP contribution in [0.15, 0.2) is 24.3 Å². The van der Waals surface area contributed by atoms with E-state index in [4.69, 9.17) is 0 Å². The van der Waals surface area contributed by atoms with E-state index in [2.05, 4.69) is 109 Å². The quantitative estimate of drug-likeness (QED) is 0.301. The highest BCUT2D eigenvalue weighted by Crippen LogP contribution is 2.50. The van der Waals surface area contributed by atoms with Crippen molar-refractivity contribution in [2.24, 2.45) is 65.1 Å². The number of carbonyl (C=O) groups is 1. The van der Waals surface area contributed by atoms with Crippen molar-refractivity contribution in [3.8, 4) is 0 Å². The van der Waals surface area contributed by atoms with Gasteiger partial charge >= 0.3 is 5.97 Å². The number of rotatable bonds is 13. The molecule has 10 unspecified atom stereocenters. The van der Waals surface area contributed by atoms with Gasteiger partial charge in [-0.2, -0.15) is 0 Å². The second kappa shape index (κ2) is 12.8. The third-order valence-electron chi connectivity index (χ3n) is 11.5. The highest BCUT2D eigenvalue weighted by molar-refractivity contribution is 5.87. The Morgan fingerprint density at radius 2 is 0.886 bits per heavy atom. The highest BCUT2D eigenvalue weighted by Gasteiger charge is 2.46. The van der Waals surface area contributed by atoms with E-state index >= 15 is 0 Å². The van der Waals surface area contributed by atoms with Crippen LogP contribution < -0.4 is 0 Å². The molecule has 0 aromatic heterocycles. The first-order chi connectivity index (χ1) is 16.0. The summed E-state index contributed by atoms with van der Waals surface area (Å²) in [6.07, 6.45) is 0. The molecule has 10 atom stereocenters. The Labute approximate surface area is 218 Å². The average molecular weight is 487 g/mol. The fourth-order valence-corrected chi connectivity index (χ4v) is 6.57. The molecule has 0 aliphatic rings. The first-order valence-corrected chi connectivity index (χ1v) is 14.3. The summed E-state index contributed by atoms with van der Waals surface area (Å²) in [6, 6.07) is 7.80. The van der Waals surface area contributed by atoms with E-state index in [-0.39, 0.29) is 5.41 Å². The van der Waals surface area contributed by atoms with E-state index in [9.17, 15) is 9.90 Å². The van der Waals surface area contributed by atoms with Gasteiger partial charge in [0.15, 0.2) is 0 Å². The van der Waals surface area contributed by atoms with Crippen LogP contribution in [-0.2, 0) is 5.41 Å². The van der Waals surface area contributed by atoms with Gasteiger partial charge < -0.3 is 5.11 Å². The summed E-state index contributed by atoms with van der Waals surface area (Å²) in [7, 11) is 0. The molecule has 202 valence electrons. The molecule has 0 bridgehead atoms. The lowest BCUT2D eigenvalue weighted by molar-refractivity contribution is 0.0457. The van der Waals surface area contributed by atoms with Crippen LogP contribution in [0.1, 0.15) is 113 Å². The molecular formula is C33H58O2. The van der Waals surface area contributed by atoms with Crippen molar-refractivity contribution >= 4 is 5.97 Å². The number of carboxylic acids is 1. The van der Waals surface area contributed by atoms with Crippen molar-refractivity contribution in [1.82, 2.24) is 0 Å². The van der Waals surface area contributed by atoms with Crippen molar-refractivity contribution in [3.63, 3.8) is 0 Å². The number of aromatic carboxylic acids is 1. The van der Waals surface area contributed by atoms with E-state index in [0.29, 0.717) is 70.7 Å². The van der Waals surface area contributed by atoms with Gasteiger partial charge in [0.1, 0.15) is 0 Å². The Hall–Kier alpha value is -1.31. The zero-order valence-corrected chi connectivity index (χ0v) is 25.5. The Kier molecular flexibility index (Phi) is 11.6. The molecule has 1 rings (SSSR count). The standard InChI is InChI=1S/C33H58O2/c1-19(2)21(5)23(7)25(9)27(11)29(13)33(14,31-17-15-30(16-18-31)32(34)35)28(12)26(10)24(8)22(6)20(3)4/h15-29H,1-14H3,(H,34,35). The summed E-state index contributed by atoms with van der Waals surface area (Å²) in [4.78, 5) is 11.6. The normalized spacial score (nSPS) is 21.9. The van der Waals surface area contributed by atoms with Crippen LogP contribution in [0.25, 0.3) is 0 Å². The zero-order chi connectivity index (χ0) is 27.4. The topological polar surface area (TPSA) is 37.3 Å². The molecule has 0 radical (unpaired) electrons. The molecule has 0 aliphatic carbocycles. The van der Waals surface area contributed by atoms with Gasteiger partial charge in [-0.15, -0.1) is 0 Å². The van der Waals surface area contributed by atoms with E-state index in [0.717, 1.165) is 0 Å². The summed E-state index contributed by atoms with van der Waals surface area (Å²) >= 11 is 0. The Balaban J connectivity index is 3.52. The molecule has 2 heteroatoms. The molecule has 1 aromatic carbocycles. The fourth-order valence-electron chi connectivity index (χ4n) is 6.57. The second-order valence-corrected chi connectivity index (χ2v) is 13.2. The maximum Gasteiger partial charge on any atom is 0.335 e. The molecule has 0 saturated carbocycles. The van der Waals surface area contributed by atoms with Crippen LogP contribution in [0, 0.1) is 65.1 Å². The summed E-state index contributed by atoms with van der Waals surface area (Å²) in [6.45, 7) is 33.8. The summed E-state index contributed by atoms with van der Waals surface area (Å²) in [5, 5.41) is 9.49. The molecule has 1 aromatic rings. The second-order valence-electron chi connectivity index (χ2n) is 13.2. The average Bonchev–Trinajstić information content (AvgIpc) is 2.83. The zero-order valence-electron chi connectivity index (χ0n) is 25.5. The Morgan fingerprint density at radius 3 is 1.20 bits per heavy atom. The van der Waals surface area contributed by atoms with E-state index in [1.807, 2.05) is 0 Å². The molecule has 0 heterocycles. The predicted molar refractivity (Wildman–Crippen MR) is 153 cm³/mol. The molecule has 0 amide bonds. The number of hydrogen-bond acceptors (Lipinski definition) is 1. The van der Waals surface area contributed by atoms with Crippen LogP contribution in [0.5, 0.6) is 0 Å². The maximum atomic E-state index is 11.6. The first kappa shape index (κ1) is 31.7.